The van der Waals surface area contributed by atoms with Crippen LogP contribution in [-0.4, -0.2) is 30.8 Å². The van der Waals surface area contributed by atoms with Crippen LogP contribution in [0, 0.1) is 0 Å². The van der Waals surface area contributed by atoms with E-state index >= 15 is 0 Å². The molecule has 4 aliphatic rings. The second kappa shape index (κ2) is 10.9. The van der Waals surface area contributed by atoms with Crippen molar-refractivity contribution in [1.82, 2.24) is 9.13 Å². The summed E-state index contributed by atoms with van der Waals surface area (Å²) in [5, 5.41) is 2.89. The Bertz CT molecular complexity index is 2670. The Morgan fingerprint density at radius 2 is 1.25 bits per heavy atom. The number of hydrogen-bond acceptors (Lipinski definition) is 0. The third-order valence-corrected chi connectivity index (χ3v) is 15.8. The van der Waals surface area contributed by atoms with Crippen LogP contribution in [0.3, 0.4) is 0 Å². The van der Waals surface area contributed by atoms with Crippen LogP contribution in [0.5, 0.6) is 0 Å². The molecule has 7 aromatic rings. The van der Waals surface area contributed by atoms with Crippen molar-refractivity contribution in [3.63, 3.8) is 0 Å². The summed E-state index contributed by atoms with van der Waals surface area (Å²) in [5.74, 6) is 0. The van der Waals surface area contributed by atoms with Crippen molar-refractivity contribution in [3.05, 3.63) is 136 Å². The molecule has 2 aliphatic heterocycles. The molecule has 0 N–H and O–H groups in total. The van der Waals surface area contributed by atoms with Crippen LogP contribution in [0.2, 0.25) is 0 Å². The van der Waals surface area contributed by atoms with Crippen LogP contribution < -0.4 is 25.3 Å². The van der Waals surface area contributed by atoms with E-state index < -0.39 is 0 Å². The van der Waals surface area contributed by atoms with E-state index in [1.54, 1.807) is 31.1 Å². The van der Waals surface area contributed by atoms with Gasteiger partial charge in [-0.3, -0.25) is 0 Å². The second-order valence-corrected chi connectivity index (χ2v) is 19.4. The van der Waals surface area contributed by atoms with Gasteiger partial charge >= 0.3 is 316 Å². The maximum atomic E-state index is 2.62. The first kappa shape index (κ1) is 31.3. The van der Waals surface area contributed by atoms with E-state index in [9.17, 15) is 0 Å². The van der Waals surface area contributed by atoms with Gasteiger partial charge in [0.25, 0.3) is 0 Å². The predicted octanol–water partition coefficient (Wildman–Crippen LogP) is 7.36. The van der Waals surface area contributed by atoms with E-state index in [1.807, 2.05) is 0 Å². The van der Waals surface area contributed by atoms with Gasteiger partial charge < -0.3 is 0 Å². The van der Waals surface area contributed by atoms with Crippen molar-refractivity contribution in [2.24, 2.45) is 0 Å². The molecule has 1 unspecified atom stereocenters. The van der Waals surface area contributed by atoms with Crippen LogP contribution in [0.15, 0.2) is 97.1 Å². The fourth-order valence-electron chi connectivity index (χ4n) is 10.7. The number of rotatable bonds is 3. The Morgan fingerprint density at radius 1 is 0.654 bits per heavy atom. The maximum absolute atomic E-state index is 2.62. The molecule has 2 nitrogen and oxygen atoms in total. The average molecular weight is 740 g/mol. The minimum absolute atomic E-state index is 0.0720. The Hall–Kier alpha value is -4.24. The van der Waals surface area contributed by atoms with Gasteiger partial charge in [0, 0.05) is 0 Å². The molecule has 5 aromatic carbocycles. The number of nitrogens with zero attached hydrogens (tertiary/aromatic N) is 2. The first-order valence-electron chi connectivity index (χ1n) is 19.6. The van der Waals surface area contributed by atoms with Crippen molar-refractivity contribution in [2.75, 3.05) is 0 Å². The van der Waals surface area contributed by atoms with Crippen LogP contribution in [-0.2, 0) is 36.5 Å². The molecular formula is C48H45BN2Se. The van der Waals surface area contributed by atoms with Gasteiger partial charge in [-0.25, -0.2) is 0 Å². The molecule has 0 saturated heterocycles. The molecule has 11 rings (SSSR count). The number of para-hydroxylation sites is 2. The first-order chi connectivity index (χ1) is 25.2. The number of fused-ring (bicyclic) bond motifs is 10. The van der Waals surface area contributed by atoms with Crippen molar-refractivity contribution >= 4 is 68.8 Å². The average Bonchev–Trinajstić information content (AvgIpc) is 3.94. The summed E-state index contributed by atoms with van der Waals surface area (Å²) in [6.45, 7) is 12.4. The zero-order chi connectivity index (χ0) is 35.1. The number of hydrogen-bond donors (Lipinski definition) is 0. The van der Waals surface area contributed by atoms with E-state index in [4.69, 9.17) is 0 Å². The molecule has 2 aliphatic carbocycles. The van der Waals surface area contributed by atoms with E-state index in [0.717, 1.165) is 12.8 Å². The number of aryl methyl sites for hydroxylation is 2. The fraction of sp³-hybridized carbons (Fsp3) is 0.292. The molecule has 52 heavy (non-hydrogen) atoms. The van der Waals surface area contributed by atoms with E-state index in [2.05, 4.69) is 141 Å². The minimum atomic E-state index is -0.0720. The van der Waals surface area contributed by atoms with Crippen LogP contribution in [0.1, 0.15) is 93.1 Å². The topological polar surface area (TPSA) is 9.86 Å². The van der Waals surface area contributed by atoms with Crippen molar-refractivity contribution < 1.29 is 0 Å². The van der Waals surface area contributed by atoms with Gasteiger partial charge in [0.1, 0.15) is 0 Å². The standard InChI is InChI=1S/C48H45BN2Se/c1-6-48(5)36-27-30(50-40-17-9-7-13-32(40)34-15-11-19-42(34)50)21-23-38(36)49-39-24-22-31(51-41-18-10-8-14-33(41)35-16-12-20-43(35)51)28-44(39)52-45-26-29(47(2,3)4)25-37(48)46(45)49/h7-10,13-14,17-18,21-28H,6,11-12,15-16,19-20H2,1-5H3. The molecule has 0 saturated carbocycles. The van der Waals surface area contributed by atoms with Crippen LogP contribution >= 0.6 is 0 Å². The van der Waals surface area contributed by atoms with Gasteiger partial charge in [0.15, 0.2) is 0 Å². The fourth-order valence-corrected chi connectivity index (χ4v) is 13.3. The van der Waals surface area contributed by atoms with E-state index in [-0.39, 0.29) is 32.5 Å². The second-order valence-electron chi connectivity index (χ2n) is 17.2. The normalized spacial score (nSPS) is 18.4. The quantitative estimate of drug-likeness (QED) is 0.168. The summed E-state index contributed by atoms with van der Waals surface area (Å²) in [4.78, 5) is 0. The molecule has 1 atom stereocenters. The number of aromatic nitrogens is 2. The van der Waals surface area contributed by atoms with Crippen molar-refractivity contribution in [3.8, 4) is 11.4 Å². The summed E-state index contributed by atoms with van der Waals surface area (Å²) < 4.78 is 8.37. The predicted molar refractivity (Wildman–Crippen MR) is 222 cm³/mol. The van der Waals surface area contributed by atoms with E-state index in [0.29, 0.717) is 0 Å². The summed E-state index contributed by atoms with van der Waals surface area (Å²) in [6, 6.07) is 38.6. The Labute approximate surface area is 314 Å². The molecule has 0 radical (unpaired) electrons. The Kier molecular flexibility index (Phi) is 6.57. The third kappa shape index (κ3) is 4.14. The van der Waals surface area contributed by atoms with Gasteiger partial charge in [-0.1, -0.05) is 0 Å². The van der Waals surface area contributed by atoms with Crippen molar-refractivity contribution in [2.45, 2.75) is 90.4 Å². The van der Waals surface area contributed by atoms with Crippen molar-refractivity contribution in [1.29, 1.82) is 0 Å². The first-order valence-corrected chi connectivity index (χ1v) is 21.3. The zero-order valence-electron chi connectivity index (χ0n) is 31.1. The third-order valence-electron chi connectivity index (χ3n) is 13.4. The summed E-state index contributed by atoms with van der Waals surface area (Å²) in [5.41, 5.74) is 20.8. The molecule has 2 aromatic heterocycles. The summed E-state index contributed by atoms with van der Waals surface area (Å²) in [6.07, 6.45) is 8.30. The summed E-state index contributed by atoms with van der Waals surface area (Å²) >= 11 is 0.218. The van der Waals surface area contributed by atoms with Gasteiger partial charge in [-0.2, -0.15) is 0 Å². The SMILES string of the molecule is CCC1(C)c2cc(-n3c4c(c5ccccc53)CCC4)ccc2B2c3ccc(-n4c5c(c6ccccc64)CCC5)cc3[Se]c3cc(C(C)(C)C)cc1c32. The molecule has 0 amide bonds. The molecule has 0 spiro atoms. The molecule has 0 fully saturated rings. The van der Waals surface area contributed by atoms with E-state index in [1.165, 1.54) is 98.7 Å². The van der Waals surface area contributed by atoms with Gasteiger partial charge in [0.05, 0.1) is 0 Å². The molecular weight excluding hydrogens is 694 g/mol. The Balaban J connectivity index is 1.15. The number of benzene rings is 5. The van der Waals surface area contributed by atoms with Gasteiger partial charge in [-0.05, 0) is 0 Å². The Morgan fingerprint density at radius 3 is 1.87 bits per heavy atom. The van der Waals surface area contributed by atoms with Gasteiger partial charge in [-0.15, -0.1) is 0 Å². The van der Waals surface area contributed by atoms with Gasteiger partial charge in [0.2, 0.25) is 0 Å². The monoisotopic (exact) mass is 740 g/mol. The zero-order valence-corrected chi connectivity index (χ0v) is 32.8. The molecule has 256 valence electrons. The summed E-state index contributed by atoms with van der Waals surface area (Å²) in [7, 11) is 0. The molecule has 4 heteroatoms. The molecule has 0 bridgehead atoms. The van der Waals surface area contributed by atoms with Crippen LogP contribution in [0.4, 0.5) is 0 Å². The van der Waals surface area contributed by atoms with Crippen LogP contribution in [0.25, 0.3) is 33.2 Å². The molecule has 4 heterocycles.